The van der Waals surface area contributed by atoms with Crippen LogP contribution in [0.2, 0.25) is 5.02 Å². The third kappa shape index (κ3) is 1.60. The molecule has 1 aliphatic heterocycles. The monoisotopic (exact) mass is 219 g/mol. The molecular weight excluding hydrogens is 206 g/mol. The molecule has 1 saturated heterocycles. The van der Waals surface area contributed by atoms with Gasteiger partial charge in [-0.1, -0.05) is 29.8 Å². The lowest BCUT2D eigenvalue weighted by Crippen LogP contribution is -2.14. The van der Waals surface area contributed by atoms with E-state index >= 15 is 0 Å². The second kappa shape index (κ2) is 3.66. The van der Waals surface area contributed by atoms with Crippen LogP contribution >= 0.6 is 11.6 Å². The highest BCUT2D eigenvalue weighted by molar-refractivity contribution is 6.30. The summed E-state index contributed by atoms with van der Waals surface area (Å²) < 4.78 is 0. The quantitative estimate of drug-likeness (QED) is 0.766. The van der Waals surface area contributed by atoms with Gasteiger partial charge in [-0.3, -0.25) is 0 Å². The van der Waals surface area contributed by atoms with Gasteiger partial charge < -0.3 is 5.32 Å². The Balaban J connectivity index is 1.95. The van der Waals surface area contributed by atoms with Crippen molar-refractivity contribution < 1.29 is 0 Å². The van der Waals surface area contributed by atoms with Gasteiger partial charge in [0.2, 0.25) is 0 Å². The largest absolute Gasteiger partial charge is 0.316 e. The van der Waals surface area contributed by atoms with Crippen molar-refractivity contribution in [3.63, 3.8) is 0 Å². The van der Waals surface area contributed by atoms with Crippen LogP contribution in [0.3, 0.4) is 0 Å². The Morgan fingerprint density at radius 1 is 1.33 bits per heavy atom. The van der Waals surface area contributed by atoms with Crippen LogP contribution in [0.25, 0.3) is 6.08 Å². The molecule has 1 heterocycles. The lowest BCUT2D eigenvalue weighted by atomic mass is 9.87. The highest BCUT2D eigenvalue weighted by atomic mass is 35.5. The molecule has 2 atom stereocenters. The maximum absolute atomic E-state index is 6.05. The average molecular weight is 220 g/mol. The molecule has 1 aliphatic carbocycles. The van der Waals surface area contributed by atoms with Gasteiger partial charge in [-0.25, -0.2) is 0 Å². The van der Waals surface area contributed by atoms with Crippen LogP contribution in [0.4, 0.5) is 0 Å². The fraction of sp³-hybridized carbons (Fsp3) is 0.385. The van der Waals surface area contributed by atoms with Crippen LogP contribution in [-0.2, 0) is 0 Å². The van der Waals surface area contributed by atoms with Crippen LogP contribution in [-0.4, -0.2) is 13.1 Å². The average Bonchev–Trinajstić information content (AvgIpc) is 2.83. The predicted octanol–water partition coefficient (Wildman–Crippen LogP) is 3.06. The Morgan fingerprint density at radius 2 is 2.27 bits per heavy atom. The Morgan fingerprint density at radius 3 is 3.07 bits per heavy atom. The molecule has 0 spiro atoms. The van der Waals surface area contributed by atoms with Crippen molar-refractivity contribution in [2.24, 2.45) is 5.92 Å². The first-order chi connectivity index (χ1) is 7.34. The van der Waals surface area contributed by atoms with Gasteiger partial charge in [0.25, 0.3) is 0 Å². The first-order valence-corrected chi connectivity index (χ1v) is 5.91. The lowest BCUT2D eigenvalue weighted by molar-refractivity contribution is 0.528. The second-order valence-corrected chi connectivity index (χ2v) is 4.85. The highest BCUT2D eigenvalue weighted by Crippen LogP contribution is 2.38. The third-order valence-corrected chi connectivity index (χ3v) is 3.73. The van der Waals surface area contributed by atoms with E-state index < -0.39 is 0 Å². The number of nitrogens with one attached hydrogen (secondary N) is 1. The molecule has 15 heavy (non-hydrogen) atoms. The Kier molecular flexibility index (Phi) is 2.30. The molecule has 0 aromatic heterocycles. The summed E-state index contributed by atoms with van der Waals surface area (Å²) in [5.41, 5.74) is 2.76. The molecule has 2 heteroatoms. The van der Waals surface area contributed by atoms with E-state index in [-0.39, 0.29) is 0 Å². The first kappa shape index (κ1) is 9.44. The SMILES string of the molecule is Clc1ccc2c(c1)C(C1CCNC1)C=C2. The van der Waals surface area contributed by atoms with Crippen LogP contribution in [0.15, 0.2) is 24.3 Å². The Bertz CT molecular complexity index is 405. The van der Waals surface area contributed by atoms with Gasteiger partial charge >= 0.3 is 0 Å². The number of hydrogen-bond donors (Lipinski definition) is 1. The minimum atomic E-state index is 0.577. The van der Waals surface area contributed by atoms with Crippen molar-refractivity contribution in [3.8, 4) is 0 Å². The molecule has 1 aromatic rings. The van der Waals surface area contributed by atoms with E-state index in [9.17, 15) is 0 Å². The molecular formula is C13H14ClN. The summed E-state index contributed by atoms with van der Waals surface area (Å²) in [6.07, 6.45) is 5.84. The number of allylic oxidation sites excluding steroid dienone is 1. The van der Waals surface area contributed by atoms with Crippen LogP contribution in [0.1, 0.15) is 23.5 Å². The lowest BCUT2D eigenvalue weighted by Gasteiger charge is -2.17. The van der Waals surface area contributed by atoms with Gasteiger partial charge in [0, 0.05) is 10.9 Å². The number of rotatable bonds is 1. The predicted molar refractivity (Wildman–Crippen MR) is 64.2 cm³/mol. The molecule has 1 nitrogen and oxygen atoms in total. The molecule has 78 valence electrons. The van der Waals surface area contributed by atoms with Crippen molar-refractivity contribution in [2.45, 2.75) is 12.3 Å². The van der Waals surface area contributed by atoms with E-state index in [0.29, 0.717) is 5.92 Å². The number of fused-ring (bicyclic) bond motifs is 1. The van der Waals surface area contributed by atoms with E-state index in [0.717, 1.165) is 24.0 Å². The minimum absolute atomic E-state index is 0.577. The van der Waals surface area contributed by atoms with E-state index in [1.54, 1.807) is 0 Å². The van der Waals surface area contributed by atoms with E-state index in [4.69, 9.17) is 11.6 Å². The molecule has 0 amide bonds. The van der Waals surface area contributed by atoms with E-state index in [1.165, 1.54) is 17.5 Å². The summed E-state index contributed by atoms with van der Waals surface area (Å²) in [5, 5.41) is 4.28. The summed E-state index contributed by atoms with van der Waals surface area (Å²) in [4.78, 5) is 0. The van der Waals surface area contributed by atoms with E-state index in [2.05, 4.69) is 29.6 Å². The van der Waals surface area contributed by atoms with Crippen LogP contribution < -0.4 is 5.32 Å². The van der Waals surface area contributed by atoms with Gasteiger partial charge in [-0.15, -0.1) is 0 Å². The summed E-state index contributed by atoms with van der Waals surface area (Å²) >= 11 is 6.05. The summed E-state index contributed by atoms with van der Waals surface area (Å²) in [6.45, 7) is 2.30. The van der Waals surface area contributed by atoms with Crippen molar-refractivity contribution in [1.82, 2.24) is 5.32 Å². The van der Waals surface area contributed by atoms with Crippen molar-refractivity contribution in [2.75, 3.05) is 13.1 Å². The van der Waals surface area contributed by atoms with Gasteiger partial charge in [-0.2, -0.15) is 0 Å². The zero-order valence-corrected chi connectivity index (χ0v) is 9.30. The molecule has 0 radical (unpaired) electrons. The van der Waals surface area contributed by atoms with Gasteiger partial charge in [0.15, 0.2) is 0 Å². The summed E-state index contributed by atoms with van der Waals surface area (Å²) in [5.74, 6) is 1.33. The maximum Gasteiger partial charge on any atom is 0.0409 e. The topological polar surface area (TPSA) is 12.0 Å². The first-order valence-electron chi connectivity index (χ1n) is 5.53. The maximum atomic E-state index is 6.05. The minimum Gasteiger partial charge on any atom is -0.316 e. The zero-order valence-electron chi connectivity index (χ0n) is 8.54. The van der Waals surface area contributed by atoms with Crippen LogP contribution in [0.5, 0.6) is 0 Å². The molecule has 0 bridgehead atoms. The number of benzene rings is 1. The van der Waals surface area contributed by atoms with Crippen molar-refractivity contribution in [3.05, 3.63) is 40.4 Å². The van der Waals surface area contributed by atoms with Gasteiger partial charge in [-0.05, 0) is 48.7 Å². The smallest absolute Gasteiger partial charge is 0.0409 e. The summed E-state index contributed by atoms with van der Waals surface area (Å²) in [6, 6.07) is 6.22. The van der Waals surface area contributed by atoms with E-state index in [1.807, 2.05) is 6.07 Å². The van der Waals surface area contributed by atoms with Crippen molar-refractivity contribution in [1.29, 1.82) is 0 Å². The molecule has 0 saturated carbocycles. The normalized spacial score (nSPS) is 28.3. The standard InChI is InChI=1S/C13H14ClN/c14-11-3-1-9-2-4-12(13(9)7-11)10-5-6-15-8-10/h1-4,7,10,12,15H,5-6,8H2. The zero-order chi connectivity index (χ0) is 10.3. The van der Waals surface area contributed by atoms with Gasteiger partial charge in [0.1, 0.15) is 0 Å². The highest BCUT2D eigenvalue weighted by Gasteiger charge is 2.28. The number of hydrogen-bond acceptors (Lipinski definition) is 1. The molecule has 1 N–H and O–H groups in total. The fourth-order valence-electron chi connectivity index (χ4n) is 2.69. The molecule has 1 fully saturated rings. The Labute approximate surface area is 95.1 Å². The molecule has 3 rings (SSSR count). The van der Waals surface area contributed by atoms with Crippen molar-refractivity contribution >= 4 is 17.7 Å². The molecule has 2 unspecified atom stereocenters. The second-order valence-electron chi connectivity index (χ2n) is 4.41. The summed E-state index contributed by atoms with van der Waals surface area (Å²) in [7, 11) is 0. The van der Waals surface area contributed by atoms with Crippen LogP contribution in [0, 0.1) is 5.92 Å². The fourth-order valence-corrected chi connectivity index (χ4v) is 2.87. The third-order valence-electron chi connectivity index (χ3n) is 3.50. The van der Waals surface area contributed by atoms with Gasteiger partial charge in [0.05, 0.1) is 0 Å². The Hall–Kier alpha value is -0.790. The molecule has 2 aliphatic rings. The molecule has 1 aromatic carbocycles. The number of halogens is 1.